The van der Waals surface area contributed by atoms with Gasteiger partial charge in [0.15, 0.2) is 17.7 Å². The first-order valence-corrected chi connectivity index (χ1v) is 10.5. The number of hydrogen-bond acceptors (Lipinski definition) is 3. The van der Waals surface area contributed by atoms with Crippen LogP contribution in [-0.4, -0.2) is 25.1 Å². The van der Waals surface area contributed by atoms with Gasteiger partial charge in [0, 0.05) is 18.8 Å². The van der Waals surface area contributed by atoms with E-state index in [9.17, 15) is 9.18 Å². The minimum atomic E-state index is -0.732. The quantitative estimate of drug-likeness (QED) is 0.706. The van der Waals surface area contributed by atoms with E-state index in [1.54, 1.807) is 12.1 Å². The Balaban J connectivity index is 1.59. The number of amides is 1. The maximum Gasteiger partial charge on any atom is 0.261 e. The Bertz CT molecular complexity index is 801. The number of benzene rings is 2. The van der Waals surface area contributed by atoms with Crippen LogP contribution < -0.4 is 15.0 Å². The summed E-state index contributed by atoms with van der Waals surface area (Å²) in [7, 11) is 0. The number of hydrogen-bond donors (Lipinski definition) is 1. The van der Waals surface area contributed by atoms with Crippen LogP contribution in [0, 0.1) is 11.7 Å². The van der Waals surface area contributed by atoms with E-state index >= 15 is 0 Å². The zero-order valence-electron chi connectivity index (χ0n) is 17.5. The fourth-order valence-electron chi connectivity index (χ4n) is 3.65. The molecule has 29 heavy (non-hydrogen) atoms. The average molecular weight is 399 g/mol. The van der Waals surface area contributed by atoms with Crippen molar-refractivity contribution in [3.8, 4) is 5.75 Å². The van der Waals surface area contributed by atoms with Gasteiger partial charge in [-0.1, -0.05) is 38.1 Å². The first-order chi connectivity index (χ1) is 14.0. The highest BCUT2D eigenvalue weighted by atomic mass is 19.1. The number of ether oxygens (including phenoxy) is 1. The molecule has 0 saturated carbocycles. The predicted molar refractivity (Wildman–Crippen MR) is 115 cm³/mol. The van der Waals surface area contributed by atoms with Crippen molar-refractivity contribution in [1.82, 2.24) is 5.32 Å². The number of halogens is 1. The number of piperidine rings is 1. The number of carbonyl (C=O) groups excluding carboxylic acids is 1. The highest BCUT2D eigenvalue weighted by molar-refractivity contribution is 5.81. The number of para-hydroxylation sites is 1. The molecule has 2 aromatic rings. The minimum Gasteiger partial charge on any atom is -0.478 e. The van der Waals surface area contributed by atoms with Gasteiger partial charge in [0.25, 0.3) is 5.91 Å². The summed E-state index contributed by atoms with van der Waals surface area (Å²) >= 11 is 0. The van der Waals surface area contributed by atoms with E-state index in [2.05, 4.69) is 41.4 Å². The van der Waals surface area contributed by atoms with Gasteiger partial charge in [-0.2, -0.15) is 0 Å². The van der Waals surface area contributed by atoms with Gasteiger partial charge in [-0.05, 0) is 61.9 Å². The van der Waals surface area contributed by atoms with Crippen LogP contribution in [0.4, 0.5) is 10.1 Å². The fraction of sp³-hybridized carbons (Fsp3) is 0.458. The van der Waals surface area contributed by atoms with Crippen LogP contribution in [0.25, 0.3) is 0 Å². The van der Waals surface area contributed by atoms with Crippen molar-refractivity contribution in [2.45, 2.75) is 52.2 Å². The molecule has 5 heteroatoms. The first-order valence-electron chi connectivity index (χ1n) is 10.5. The molecule has 1 heterocycles. The second-order valence-corrected chi connectivity index (χ2v) is 7.94. The third-order valence-electron chi connectivity index (χ3n) is 5.67. The van der Waals surface area contributed by atoms with Crippen LogP contribution in [0.1, 0.15) is 51.6 Å². The molecule has 156 valence electrons. The lowest BCUT2D eigenvalue weighted by molar-refractivity contribution is -0.128. The molecule has 2 unspecified atom stereocenters. The molecule has 1 amide bonds. The lowest BCUT2D eigenvalue weighted by Crippen LogP contribution is -2.39. The molecule has 2 aromatic carbocycles. The van der Waals surface area contributed by atoms with Crippen LogP contribution in [0.3, 0.4) is 0 Å². The van der Waals surface area contributed by atoms with Crippen LogP contribution in [-0.2, 0) is 4.79 Å². The highest BCUT2D eigenvalue weighted by Gasteiger charge is 2.22. The molecular weight excluding hydrogens is 367 g/mol. The predicted octanol–water partition coefficient (Wildman–Crippen LogP) is 5.10. The molecule has 1 saturated heterocycles. The maximum atomic E-state index is 13.8. The van der Waals surface area contributed by atoms with E-state index in [4.69, 9.17) is 4.74 Å². The molecule has 1 aliphatic rings. The molecule has 1 aliphatic heterocycles. The first kappa shape index (κ1) is 21.2. The summed E-state index contributed by atoms with van der Waals surface area (Å²) in [6.45, 7) is 8.30. The van der Waals surface area contributed by atoms with Gasteiger partial charge in [-0.3, -0.25) is 4.79 Å². The van der Waals surface area contributed by atoms with Gasteiger partial charge >= 0.3 is 0 Å². The Kier molecular flexibility index (Phi) is 7.13. The molecular formula is C24H31FN2O2. The topological polar surface area (TPSA) is 41.6 Å². The van der Waals surface area contributed by atoms with E-state index in [1.807, 2.05) is 13.8 Å². The summed E-state index contributed by atoms with van der Waals surface area (Å²) in [4.78, 5) is 15.1. The number of anilines is 1. The Morgan fingerprint density at radius 2 is 1.83 bits per heavy atom. The number of nitrogens with one attached hydrogen (secondary N) is 1. The fourth-order valence-corrected chi connectivity index (χ4v) is 3.65. The highest BCUT2D eigenvalue weighted by Crippen LogP contribution is 2.25. The second-order valence-electron chi connectivity index (χ2n) is 7.94. The SMILES string of the molecule is CCC(Oc1ccccc1F)C(=O)NC(C)c1ccc(N2CCC(C)CC2)cc1. The van der Waals surface area contributed by atoms with Crippen molar-refractivity contribution in [2.75, 3.05) is 18.0 Å². The molecule has 3 rings (SSSR count). The summed E-state index contributed by atoms with van der Waals surface area (Å²) < 4.78 is 19.4. The molecule has 0 aromatic heterocycles. The molecule has 1 fully saturated rings. The summed E-state index contributed by atoms with van der Waals surface area (Å²) in [5.41, 5.74) is 2.27. The van der Waals surface area contributed by atoms with E-state index in [-0.39, 0.29) is 17.7 Å². The Hall–Kier alpha value is -2.56. The molecule has 2 atom stereocenters. The van der Waals surface area contributed by atoms with Crippen LogP contribution in [0.5, 0.6) is 5.75 Å². The monoisotopic (exact) mass is 398 g/mol. The molecule has 1 N–H and O–H groups in total. The smallest absolute Gasteiger partial charge is 0.261 e. The van der Waals surface area contributed by atoms with Gasteiger partial charge in [0.05, 0.1) is 6.04 Å². The van der Waals surface area contributed by atoms with Gasteiger partial charge in [-0.15, -0.1) is 0 Å². The van der Waals surface area contributed by atoms with Gasteiger partial charge in [-0.25, -0.2) is 4.39 Å². The summed E-state index contributed by atoms with van der Waals surface area (Å²) in [6, 6.07) is 14.4. The van der Waals surface area contributed by atoms with E-state index in [0.29, 0.717) is 6.42 Å². The zero-order chi connectivity index (χ0) is 20.8. The van der Waals surface area contributed by atoms with Crippen molar-refractivity contribution >= 4 is 11.6 Å². The molecule has 4 nitrogen and oxygen atoms in total. The van der Waals surface area contributed by atoms with E-state index in [1.165, 1.54) is 30.7 Å². The Labute approximate surface area is 173 Å². The average Bonchev–Trinajstić information content (AvgIpc) is 2.73. The van der Waals surface area contributed by atoms with Crippen LogP contribution >= 0.6 is 0 Å². The van der Waals surface area contributed by atoms with Gasteiger partial charge < -0.3 is 15.0 Å². The zero-order valence-corrected chi connectivity index (χ0v) is 17.5. The van der Waals surface area contributed by atoms with E-state index in [0.717, 1.165) is 24.6 Å². The summed E-state index contributed by atoms with van der Waals surface area (Å²) in [5, 5.41) is 2.99. The molecule has 0 spiro atoms. The van der Waals surface area contributed by atoms with Crippen LogP contribution in [0.15, 0.2) is 48.5 Å². The van der Waals surface area contributed by atoms with Crippen molar-refractivity contribution in [2.24, 2.45) is 5.92 Å². The molecule has 0 bridgehead atoms. The minimum absolute atomic E-state index is 0.0994. The van der Waals surface area contributed by atoms with Crippen molar-refractivity contribution < 1.29 is 13.9 Å². The summed E-state index contributed by atoms with van der Waals surface area (Å²) in [5.74, 6) is 0.202. The van der Waals surface area contributed by atoms with E-state index < -0.39 is 11.9 Å². The Morgan fingerprint density at radius 3 is 2.45 bits per heavy atom. The number of carbonyl (C=O) groups is 1. The third kappa shape index (κ3) is 5.49. The largest absolute Gasteiger partial charge is 0.478 e. The second kappa shape index (κ2) is 9.77. The normalized spacial score (nSPS) is 16.9. The standard InChI is InChI=1S/C24H31FN2O2/c1-4-22(29-23-8-6-5-7-21(23)25)24(28)26-18(3)19-9-11-20(12-10-19)27-15-13-17(2)14-16-27/h5-12,17-18,22H,4,13-16H2,1-3H3,(H,26,28). The third-order valence-corrected chi connectivity index (χ3v) is 5.67. The van der Waals surface area contributed by atoms with Crippen molar-refractivity contribution in [3.63, 3.8) is 0 Å². The Morgan fingerprint density at radius 1 is 1.17 bits per heavy atom. The molecule has 0 radical (unpaired) electrons. The van der Waals surface area contributed by atoms with Crippen LogP contribution in [0.2, 0.25) is 0 Å². The van der Waals surface area contributed by atoms with Gasteiger partial charge in [0.1, 0.15) is 0 Å². The summed E-state index contributed by atoms with van der Waals surface area (Å²) in [6.07, 6.45) is 2.19. The molecule has 0 aliphatic carbocycles. The van der Waals surface area contributed by atoms with Crippen molar-refractivity contribution in [3.05, 3.63) is 59.9 Å². The number of rotatable bonds is 7. The van der Waals surface area contributed by atoms with Crippen molar-refractivity contribution in [1.29, 1.82) is 0 Å². The number of nitrogens with zero attached hydrogens (tertiary/aromatic N) is 1. The van der Waals surface area contributed by atoms with Gasteiger partial charge in [0.2, 0.25) is 0 Å². The maximum absolute atomic E-state index is 13.8. The lowest BCUT2D eigenvalue weighted by Gasteiger charge is -2.32. The lowest BCUT2D eigenvalue weighted by atomic mass is 9.98.